The Labute approximate surface area is 106 Å². The number of nitrogens with two attached hydrogens (primary N) is 1. The summed E-state index contributed by atoms with van der Waals surface area (Å²) in [6, 6.07) is 5.00. The van der Waals surface area contributed by atoms with Gasteiger partial charge in [0.05, 0.1) is 23.5 Å². The molecule has 0 amide bonds. The minimum absolute atomic E-state index is 0.0907. The lowest BCUT2D eigenvalue weighted by Gasteiger charge is -2.37. The summed E-state index contributed by atoms with van der Waals surface area (Å²) in [5.41, 5.74) is 7.06. The van der Waals surface area contributed by atoms with Gasteiger partial charge in [-0.1, -0.05) is 0 Å². The van der Waals surface area contributed by atoms with E-state index >= 15 is 0 Å². The molecule has 2 rings (SSSR count). The lowest BCUT2D eigenvalue weighted by molar-refractivity contribution is -0.00531. The van der Waals surface area contributed by atoms with Crippen LogP contribution in [0.25, 0.3) is 0 Å². The van der Waals surface area contributed by atoms with Gasteiger partial charge >= 0.3 is 5.97 Å². The second kappa shape index (κ2) is 4.86. The van der Waals surface area contributed by atoms with Crippen LogP contribution in [0.2, 0.25) is 0 Å². The number of anilines is 2. The Bertz CT molecular complexity index is 452. The minimum Gasteiger partial charge on any atom is -0.478 e. The van der Waals surface area contributed by atoms with E-state index in [1.165, 1.54) is 6.07 Å². The van der Waals surface area contributed by atoms with E-state index in [2.05, 4.69) is 0 Å². The van der Waals surface area contributed by atoms with Crippen molar-refractivity contribution in [3.8, 4) is 0 Å². The van der Waals surface area contributed by atoms with Crippen LogP contribution < -0.4 is 10.6 Å². The van der Waals surface area contributed by atoms with Gasteiger partial charge in [0.15, 0.2) is 0 Å². The van der Waals surface area contributed by atoms with Crippen LogP contribution in [0, 0.1) is 0 Å². The number of aromatic carboxylic acids is 1. The fraction of sp³-hybridized carbons (Fsp3) is 0.462. The van der Waals surface area contributed by atoms with Crippen molar-refractivity contribution >= 4 is 17.3 Å². The molecule has 0 unspecified atom stereocenters. The van der Waals surface area contributed by atoms with Gasteiger partial charge in [-0.2, -0.15) is 0 Å². The molecule has 1 aromatic carbocycles. The first-order valence-electron chi connectivity index (χ1n) is 6.00. The molecule has 2 atom stereocenters. The molecule has 0 bridgehead atoms. The van der Waals surface area contributed by atoms with Gasteiger partial charge in [-0.3, -0.25) is 0 Å². The smallest absolute Gasteiger partial charge is 0.337 e. The number of carboxylic acids is 1. The average molecular weight is 250 g/mol. The second-order valence-corrected chi connectivity index (χ2v) is 4.74. The highest BCUT2D eigenvalue weighted by atomic mass is 16.5. The first kappa shape index (κ1) is 12.7. The molecular formula is C13H18N2O3. The zero-order chi connectivity index (χ0) is 13.3. The summed E-state index contributed by atoms with van der Waals surface area (Å²) in [6.45, 7) is 5.35. The number of nitrogens with zero attached hydrogens (tertiary/aromatic N) is 1. The van der Waals surface area contributed by atoms with E-state index in [0.29, 0.717) is 24.5 Å². The summed E-state index contributed by atoms with van der Waals surface area (Å²) in [5, 5.41) is 9.24. The van der Waals surface area contributed by atoms with Gasteiger partial charge in [0.2, 0.25) is 0 Å². The Kier molecular flexibility index (Phi) is 3.43. The number of carbonyl (C=O) groups is 1. The molecule has 1 heterocycles. The molecule has 3 N–H and O–H groups in total. The Morgan fingerprint density at radius 2 is 2.00 bits per heavy atom. The highest BCUT2D eigenvalue weighted by Gasteiger charge is 2.25. The SMILES string of the molecule is C[C@@H]1CN(c2ccc(N)cc2C(=O)O)C[C@H](C)O1. The summed E-state index contributed by atoms with van der Waals surface area (Å²) in [4.78, 5) is 13.3. The topological polar surface area (TPSA) is 75.8 Å². The van der Waals surface area contributed by atoms with Crippen molar-refractivity contribution in [2.75, 3.05) is 23.7 Å². The molecule has 0 spiro atoms. The predicted molar refractivity (Wildman–Crippen MR) is 70.0 cm³/mol. The van der Waals surface area contributed by atoms with E-state index < -0.39 is 5.97 Å². The number of hydrogen-bond acceptors (Lipinski definition) is 4. The molecule has 1 aliphatic rings. The summed E-state index contributed by atoms with van der Waals surface area (Å²) in [5.74, 6) is -0.955. The fourth-order valence-electron chi connectivity index (χ4n) is 2.38. The molecule has 5 nitrogen and oxygen atoms in total. The maximum Gasteiger partial charge on any atom is 0.337 e. The molecule has 1 fully saturated rings. The molecule has 98 valence electrons. The molecule has 1 aliphatic heterocycles. The van der Waals surface area contributed by atoms with Crippen molar-refractivity contribution in [1.29, 1.82) is 0 Å². The van der Waals surface area contributed by atoms with Crippen molar-refractivity contribution in [2.24, 2.45) is 0 Å². The van der Waals surface area contributed by atoms with Crippen molar-refractivity contribution in [1.82, 2.24) is 0 Å². The Morgan fingerprint density at radius 1 is 1.39 bits per heavy atom. The number of carboxylic acid groups (broad SMARTS) is 1. The van der Waals surface area contributed by atoms with Crippen molar-refractivity contribution in [3.63, 3.8) is 0 Å². The number of benzene rings is 1. The van der Waals surface area contributed by atoms with Gasteiger partial charge in [-0.15, -0.1) is 0 Å². The summed E-state index contributed by atoms with van der Waals surface area (Å²) in [7, 11) is 0. The lowest BCUT2D eigenvalue weighted by Crippen LogP contribution is -2.46. The van der Waals surface area contributed by atoms with Crippen molar-refractivity contribution in [2.45, 2.75) is 26.1 Å². The van der Waals surface area contributed by atoms with Crippen LogP contribution in [0.4, 0.5) is 11.4 Å². The molecule has 0 saturated carbocycles. The average Bonchev–Trinajstić information content (AvgIpc) is 2.27. The van der Waals surface area contributed by atoms with Gasteiger partial charge in [-0.05, 0) is 32.0 Å². The third-order valence-electron chi connectivity index (χ3n) is 3.01. The zero-order valence-electron chi connectivity index (χ0n) is 10.6. The predicted octanol–water partition coefficient (Wildman–Crippen LogP) is 1.58. The normalized spacial score (nSPS) is 24.0. The Hall–Kier alpha value is -1.75. The fourth-order valence-corrected chi connectivity index (χ4v) is 2.38. The molecule has 1 aromatic rings. The quantitative estimate of drug-likeness (QED) is 0.779. The van der Waals surface area contributed by atoms with E-state index in [0.717, 1.165) is 0 Å². The molecule has 5 heteroatoms. The molecule has 1 saturated heterocycles. The third-order valence-corrected chi connectivity index (χ3v) is 3.01. The second-order valence-electron chi connectivity index (χ2n) is 4.74. The number of hydrogen-bond donors (Lipinski definition) is 2. The molecule has 0 aromatic heterocycles. The maximum atomic E-state index is 11.3. The standard InChI is InChI=1S/C13H18N2O3/c1-8-6-15(7-9(2)18-8)12-4-3-10(14)5-11(12)13(16)17/h3-5,8-9H,6-7,14H2,1-2H3,(H,16,17)/t8-,9+. The highest BCUT2D eigenvalue weighted by Crippen LogP contribution is 2.26. The summed E-state index contributed by atoms with van der Waals surface area (Å²) in [6.07, 6.45) is 0.181. The van der Waals surface area contributed by atoms with Crippen LogP contribution in [-0.2, 0) is 4.74 Å². The van der Waals surface area contributed by atoms with Gasteiger partial charge in [0.25, 0.3) is 0 Å². The van der Waals surface area contributed by atoms with Gasteiger partial charge in [0.1, 0.15) is 0 Å². The Balaban J connectivity index is 2.35. The van der Waals surface area contributed by atoms with Crippen LogP contribution in [0.1, 0.15) is 24.2 Å². The Morgan fingerprint density at radius 3 is 2.56 bits per heavy atom. The van der Waals surface area contributed by atoms with Crippen LogP contribution in [0.5, 0.6) is 0 Å². The van der Waals surface area contributed by atoms with E-state index in [1.807, 2.05) is 18.7 Å². The van der Waals surface area contributed by atoms with E-state index in [4.69, 9.17) is 10.5 Å². The van der Waals surface area contributed by atoms with Crippen LogP contribution in [0.3, 0.4) is 0 Å². The van der Waals surface area contributed by atoms with Gasteiger partial charge < -0.3 is 20.5 Å². The first-order chi connectivity index (χ1) is 8.47. The zero-order valence-corrected chi connectivity index (χ0v) is 10.6. The van der Waals surface area contributed by atoms with E-state index in [1.54, 1.807) is 12.1 Å². The van der Waals surface area contributed by atoms with Crippen molar-refractivity contribution in [3.05, 3.63) is 23.8 Å². The lowest BCUT2D eigenvalue weighted by atomic mass is 10.1. The van der Waals surface area contributed by atoms with E-state index in [9.17, 15) is 9.90 Å². The molecular weight excluding hydrogens is 232 g/mol. The third kappa shape index (κ3) is 2.56. The van der Waals surface area contributed by atoms with Crippen molar-refractivity contribution < 1.29 is 14.6 Å². The van der Waals surface area contributed by atoms with E-state index in [-0.39, 0.29) is 17.8 Å². The van der Waals surface area contributed by atoms with Gasteiger partial charge in [-0.25, -0.2) is 4.79 Å². The van der Waals surface area contributed by atoms with Crippen LogP contribution >= 0.6 is 0 Å². The molecule has 0 radical (unpaired) electrons. The largest absolute Gasteiger partial charge is 0.478 e. The highest BCUT2D eigenvalue weighted by molar-refractivity contribution is 5.95. The first-order valence-corrected chi connectivity index (χ1v) is 6.00. The number of morpholine rings is 1. The minimum atomic E-state index is -0.955. The van der Waals surface area contributed by atoms with Crippen LogP contribution in [-0.4, -0.2) is 36.4 Å². The number of rotatable bonds is 2. The number of ether oxygens (including phenoxy) is 1. The monoisotopic (exact) mass is 250 g/mol. The van der Waals surface area contributed by atoms with Gasteiger partial charge in [0, 0.05) is 18.8 Å². The molecule has 0 aliphatic carbocycles. The summed E-state index contributed by atoms with van der Waals surface area (Å²) >= 11 is 0. The molecule has 18 heavy (non-hydrogen) atoms. The number of nitrogen functional groups attached to an aromatic ring is 1. The summed E-state index contributed by atoms with van der Waals surface area (Å²) < 4.78 is 5.65. The van der Waals surface area contributed by atoms with Crippen LogP contribution in [0.15, 0.2) is 18.2 Å². The maximum absolute atomic E-state index is 11.3.